The number of nitrogens with zero attached hydrogens (tertiary/aromatic N) is 1. The van der Waals surface area contributed by atoms with E-state index < -0.39 is 5.91 Å². The van der Waals surface area contributed by atoms with Gasteiger partial charge >= 0.3 is 5.97 Å². The van der Waals surface area contributed by atoms with Crippen molar-refractivity contribution in [3.8, 4) is 0 Å². The van der Waals surface area contributed by atoms with E-state index in [2.05, 4.69) is 10.5 Å². The van der Waals surface area contributed by atoms with Crippen molar-refractivity contribution >= 4 is 39.3 Å². The van der Waals surface area contributed by atoms with Gasteiger partial charge in [0.25, 0.3) is 5.91 Å². The smallest absolute Gasteiger partial charge is 0.306 e. The van der Waals surface area contributed by atoms with Gasteiger partial charge in [-0.1, -0.05) is 33.2 Å². The zero-order chi connectivity index (χ0) is 15.8. The van der Waals surface area contributed by atoms with Crippen LogP contribution in [0.2, 0.25) is 0 Å². The molecule has 0 aliphatic carbocycles. The Hall–Kier alpha value is -1.15. The Balaban J connectivity index is 1.52. The molecule has 1 saturated heterocycles. The molecule has 122 valence electrons. The predicted octanol–water partition coefficient (Wildman–Crippen LogP) is 3.18. The Morgan fingerprint density at radius 3 is 3.05 bits per heavy atom. The minimum atomic E-state index is -0.416. The summed E-state index contributed by atoms with van der Waals surface area (Å²) in [6.07, 6.45) is 4.61. The maximum atomic E-state index is 11.6. The lowest BCUT2D eigenvalue weighted by Gasteiger charge is -2.07. The lowest BCUT2D eigenvalue weighted by molar-refractivity contribution is -0.147. The van der Waals surface area contributed by atoms with Gasteiger partial charge in [-0.2, -0.15) is 0 Å². The Morgan fingerprint density at radius 1 is 1.50 bits per heavy atom. The monoisotopic (exact) mass is 344 g/mol. The lowest BCUT2D eigenvalue weighted by atomic mass is 10.1. The van der Waals surface area contributed by atoms with E-state index in [-0.39, 0.29) is 12.6 Å². The van der Waals surface area contributed by atoms with Crippen molar-refractivity contribution < 1.29 is 18.8 Å². The largest absolute Gasteiger partial charge is 0.456 e. The minimum absolute atomic E-state index is 0.292. The molecule has 1 N–H and O–H groups in total. The normalized spacial score (nSPS) is 17.4. The highest BCUT2D eigenvalue weighted by molar-refractivity contribution is 8.77. The summed E-state index contributed by atoms with van der Waals surface area (Å²) in [5.41, 5.74) is 0. The minimum Gasteiger partial charge on any atom is -0.456 e. The van der Waals surface area contributed by atoms with E-state index in [1.807, 2.05) is 21.6 Å². The third-order valence-electron chi connectivity index (χ3n) is 3.14. The van der Waals surface area contributed by atoms with Crippen molar-refractivity contribution in [3.05, 3.63) is 11.8 Å². The van der Waals surface area contributed by atoms with E-state index in [1.54, 1.807) is 13.0 Å². The van der Waals surface area contributed by atoms with Gasteiger partial charge in [0.05, 0.1) is 0 Å². The average molecular weight is 344 g/mol. The molecule has 1 atom stereocenters. The molecule has 6 nitrogen and oxygen atoms in total. The zero-order valence-corrected chi connectivity index (χ0v) is 14.1. The summed E-state index contributed by atoms with van der Waals surface area (Å²) in [5, 5.41) is 6.86. The Bertz CT molecular complexity index is 501. The fraction of sp³-hybridized carbons (Fsp3) is 0.643. The van der Waals surface area contributed by atoms with Crippen LogP contribution in [0.15, 0.2) is 10.6 Å². The van der Waals surface area contributed by atoms with Crippen LogP contribution >= 0.6 is 21.6 Å². The van der Waals surface area contributed by atoms with Gasteiger partial charge in [-0.25, -0.2) is 0 Å². The van der Waals surface area contributed by atoms with E-state index in [0.29, 0.717) is 18.0 Å². The van der Waals surface area contributed by atoms with Crippen LogP contribution in [0.25, 0.3) is 0 Å². The van der Waals surface area contributed by atoms with Crippen molar-refractivity contribution in [2.45, 2.75) is 44.3 Å². The van der Waals surface area contributed by atoms with Crippen molar-refractivity contribution in [1.82, 2.24) is 5.16 Å². The number of rotatable bonds is 8. The van der Waals surface area contributed by atoms with Crippen LogP contribution in [0.5, 0.6) is 0 Å². The van der Waals surface area contributed by atoms with E-state index in [0.717, 1.165) is 24.5 Å². The van der Waals surface area contributed by atoms with Gasteiger partial charge in [-0.15, -0.1) is 0 Å². The predicted molar refractivity (Wildman–Crippen MR) is 87.8 cm³/mol. The van der Waals surface area contributed by atoms with E-state index in [9.17, 15) is 9.59 Å². The van der Waals surface area contributed by atoms with E-state index >= 15 is 0 Å². The molecule has 0 radical (unpaired) electrons. The summed E-state index contributed by atoms with van der Waals surface area (Å²) in [6.45, 7) is 1.44. The molecule has 2 rings (SSSR count). The molecule has 1 fully saturated rings. The van der Waals surface area contributed by atoms with Crippen LogP contribution in [0.3, 0.4) is 0 Å². The Morgan fingerprint density at radius 2 is 2.36 bits per heavy atom. The van der Waals surface area contributed by atoms with Gasteiger partial charge in [0, 0.05) is 23.5 Å². The van der Waals surface area contributed by atoms with Crippen molar-refractivity contribution in [1.29, 1.82) is 0 Å². The number of nitrogens with one attached hydrogen (secondary N) is 1. The van der Waals surface area contributed by atoms with Gasteiger partial charge in [-0.05, 0) is 26.2 Å². The van der Waals surface area contributed by atoms with Crippen molar-refractivity contribution in [2.75, 3.05) is 17.7 Å². The van der Waals surface area contributed by atoms with Gasteiger partial charge in [0.15, 0.2) is 12.4 Å². The molecule has 1 aromatic heterocycles. The maximum Gasteiger partial charge on any atom is 0.306 e. The second kappa shape index (κ2) is 9.09. The number of amides is 1. The molecule has 22 heavy (non-hydrogen) atoms. The molecule has 1 aliphatic rings. The van der Waals surface area contributed by atoms with Gasteiger partial charge in [0.2, 0.25) is 0 Å². The average Bonchev–Trinajstić information content (AvgIpc) is 3.13. The number of aryl methyl sites for hydroxylation is 1. The highest BCUT2D eigenvalue weighted by Gasteiger charge is 2.16. The standard InChI is InChI=1S/C14H20N2O4S2/c1-10-8-12(16-20-10)15-13(17)9-19-14(18)5-3-2-4-11-6-7-21-22-11/h8,11H,2-7,9H2,1H3,(H,15,16,17)/t11-/m1/s1. The van der Waals surface area contributed by atoms with Crippen LogP contribution in [-0.4, -0.2) is 34.6 Å². The number of unbranched alkanes of at least 4 members (excludes halogenated alkanes) is 1. The molecule has 0 aromatic carbocycles. The fourth-order valence-electron chi connectivity index (χ4n) is 2.03. The second-order valence-corrected chi connectivity index (χ2v) is 7.89. The third kappa shape index (κ3) is 6.31. The second-order valence-electron chi connectivity index (χ2n) is 5.11. The molecule has 0 bridgehead atoms. The van der Waals surface area contributed by atoms with Crippen LogP contribution in [0, 0.1) is 6.92 Å². The number of carbonyl (C=O) groups excluding carboxylic acids is 2. The molecule has 0 unspecified atom stereocenters. The van der Waals surface area contributed by atoms with Crippen LogP contribution in [-0.2, 0) is 14.3 Å². The molecule has 1 aliphatic heterocycles. The fourth-order valence-corrected chi connectivity index (χ4v) is 5.06. The summed E-state index contributed by atoms with van der Waals surface area (Å²) < 4.78 is 9.76. The SMILES string of the molecule is Cc1cc(NC(=O)COC(=O)CCCC[C@@H]2CCSS2)no1. The molecule has 8 heteroatoms. The summed E-state index contributed by atoms with van der Waals surface area (Å²) in [7, 11) is 3.88. The number of carbonyl (C=O) groups is 2. The molecular formula is C14H20N2O4S2. The summed E-state index contributed by atoms with van der Waals surface area (Å²) in [6, 6.07) is 1.60. The summed E-state index contributed by atoms with van der Waals surface area (Å²) >= 11 is 0. The van der Waals surface area contributed by atoms with Gasteiger partial charge in [0.1, 0.15) is 5.76 Å². The van der Waals surface area contributed by atoms with Crippen molar-refractivity contribution in [3.63, 3.8) is 0 Å². The van der Waals surface area contributed by atoms with E-state index in [1.165, 1.54) is 12.2 Å². The number of hydrogen-bond acceptors (Lipinski definition) is 7. The van der Waals surface area contributed by atoms with Crippen LogP contribution < -0.4 is 5.32 Å². The first kappa shape index (κ1) is 17.2. The maximum absolute atomic E-state index is 11.6. The number of esters is 1. The zero-order valence-electron chi connectivity index (χ0n) is 12.5. The van der Waals surface area contributed by atoms with Gasteiger partial charge in [-0.3, -0.25) is 9.59 Å². The molecule has 0 saturated carbocycles. The Labute approximate surface area is 137 Å². The third-order valence-corrected chi connectivity index (χ3v) is 6.15. The highest BCUT2D eigenvalue weighted by atomic mass is 33.1. The summed E-state index contributed by atoms with van der Waals surface area (Å²) in [5.74, 6) is 1.41. The van der Waals surface area contributed by atoms with Crippen LogP contribution in [0.4, 0.5) is 5.82 Å². The quantitative estimate of drug-likeness (QED) is 0.440. The first-order valence-electron chi connectivity index (χ1n) is 7.30. The first-order chi connectivity index (χ1) is 10.6. The van der Waals surface area contributed by atoms with E-state index in [4.69, 9.17) is 9.26 Å². The van der Waals surface area contributed by atoms with Crippen molar-refractivity contribution in [2.24, 2.45) is 0 Å². The number of anilines is 1. The first-order valence-corrected chi connectivity index (χ1v) is 9.69. The lowest BCUT2D eigenvalue weighted by Crippen LogP contribution is -2.20. The molecular weight excluding hydrogens is 324 g/mol. The molecule has 0 spiro atoms. The molecule has 1 amide bonds. The molecule has 1 aromatic rings. The number of hydrogen-bond donors (Lipinski definition) is 1. The topological polar surface area (TPSA) is 81.4 Å². The summed E-state index contributed by atoms with van der Waals surface area (Å²) in [4.78, 5) is 23.1. The highest BCUT2D eigenvalue weighted by Crippen LogP contribution is 2.39. The number of ether oxygens (including phenoxy) is 1. The van der Waals surface area contributed by atoms with Crippen LogP contribution in [0.1, 0.15) is 37.9 Å². The van der Waals surface area contributed by atoms with Gasteiger partial charge < -0.3 is 14.6 Å². The number of aromatic nitrogens is 1. The Kier molecular flexibility index (Phi) is 7.11. The molecule has 2 heterocycles.